The molecule has 0 saturated carbocycles. The Labute approximate surface area is 587 Å². The number of aliphatic hydroxyl groups excluding tert-OH is 1. The van der Waals surface area contributed by atoms with Crippen LogP contribution in [0.4, 0.5) is 0 Å². The Hall–Kier alpha value is -1.04. The lowest BCUT2D eigenvalue weighted by molar-refractivity contribution is -0.101. The molecule has 0 amide bonds. The third-order valence-electron chi connectivity index (χ3n) is 14.0. The Morgan fingerprint density at radius 2 is 0.330 bits per heavy atom. The number of unbranched alkanes of at least 4 members (excludes halogenated alkanes) is 13. The van der Waals surface area contributed by atoms with E-state index in [1.165, 1.54) is 83.5 Å². The highest BCUT2D eigenvalue weighted by molar-refractivity contribution is 4.59. The molecule has 0 bridgehead atoms. The summed E-state index contributed by atoms with van der Waals surface area (Å²) in [6.45, 7) is 34.5. The van der Waals surface area contributed by atoms with E-state index in [1.807, 2.05) is 27.7 Å². The van der Waals surface area contributed by atoms with Gasteiger partial charge in [-0.1, -0.05) is 90.4 Å². The molecule has 0 aliphatic heterocycles. The highest BCUT2D eigenvalue weighted by Gasteiger charge is 2.14. The molecule has 0 rings (SSSR count). The summed E-state index contributed by atoms with van der Waals surface area (Å²) in [5.41, 5.74) is 0. The first-order valence-electron chi connectivity index (χ1n) is 37.1. The van der Waals surface area contributed by atoms with Gasteiger partial charge in [0.25, 0.3) is 0 Å². The Balaban J connectivity index is 3.28. The quantitative estimate of drug-likeness (QED) is 0.0570. The van der Waals surface area contributed by atoms with Crippen molar-refractivity contribution >= 4 is 0 Å². The van der Waals surface area contributed by atoms with Gasteiger partial charge in [-0.05, 0) is 41.0 Å². The molecule has 0 aromatic rings. The highest BCUT2D eigenvalue weighted by atomic mass is 16.6. The lowest BCUT2D eigenvalue weighted by atomic mass is 10.0. The van der Waals surface area contributed by atoms with E-state index in [4.69, 9.17) is 124 Å². The average Bonchev–Trinajstić information content (AvgIpc) is 3.70. The second kappa shape index (κ2) is 85.6. The van der Waals surface area contributed by atoms with Crippen LogP contribution in [-0.2, 0) is 118 Å². The van der Waals surface area contributed by atoms with Gasteiger partial charge in [-0.3, -0.25) is 0 Å². The van der Waals surface area contributed by atoms with Gasteiger partial charge in [0.1, 0.15) is 0 Å². The monoisotopic (exact) mass is 1410 g/mol. The van der Waals surface area contributed by atoms with Crippen LogP contribution in [0.1, 0.15) is 131 Å². The maximum Gasteiger partial charge on any atom is 0.0781 e. The lowest BCUT2D eigenvalue weighted by Gasteiger charge is -2.22. The minimum absolute atomic E-state index is 0.0178. The van der Waals surface area contributed by atoms with Gasteiger partial charge in [-0.15, -0.1) is 0 Å². The zero-order chi connectivity index (χ0) is 70.0. The number of ether oxygens (including phenoxy) is 25. The lowest BCUT2D eigenvalue weighted by Crippen LogP contribution is -2.29. The van der Waals surface area contributed by atoms with Crippen LogP contribution in [0.3, 0.4) is 0 Å². The minimum Gasteiger partial charge on any atom is -0.394 e. The van der Waals surface area contributed by atoms with Crippen molar-refractivity contribution in [3.05, 3.63) is 0 Å². The Morgan fingerprint density at radius 1 is 0.165 bits per heavy atom. The molecule has 0 saturated heterocycles. The van der Waals surface area contributed by atoms with Gasteiger partial charge in [0, 0.05) is 6.61 Å². The topological polar surface area (TPSA) is 251 Å². The van der Waals surface area contributed by atoms with Gasteiger partial charge in [-0.2, -0.15) is 0 Å². The number of rotatable bonds is 89. The van der Waals surface area contributed by atoms with E-state index < -0.39 is 0 Å². The second-order valence-corrected chi connectivity index (χ2v) is 23.3. The molecule has 0 aliphatic rings. The molecule has 26 nitrogen and oxygen atoms in total. The normalized spacial score (nSPS) is 13.5. The molecule has 5 unspecified atom stereocenters. The van der Waals surface area contributed by atoms with Crippen LogP contribution in [0.5, 0.6) is 0 Å². The molecule has 0 aromatic carbocycles. The van der Waals surface area contributed by atoms with Crippen LogP contribution >= 0.6 is 0 Å². The fraction of sp³-hybridized carbons (Fsp3) is 1.00. The predicted molar refractivity (Wildman–Crippen MR) is 371 cm³/mol. The van der Waals surface area contributed by atoms with E-state index in [2.05, 4.69) is 13.8 Å². The Morgan fingerprint density at radius 3 is 0.536 bits per heavy atom. The van der Waals surface area contributed by atoms with Gasteiger partial charge >= 0.3 is 0 Å². The van der Waals surface area contributed by atoms with Crippen LogP contribution in [0.2, 0.25) is 0 Å². The van der Waals surface area contributed by atoms with Crippen LogP contribution in [0.25, 0.3) is 0 Å². The molecule has 0 spiro atoms. The number of aliphatic hydroxyl groups is 1. The molecule has 0 fully saturated rings. The van der Waals surface area contributed by atoms with Gasteiger partial charge in [0.05, 0.1) is 328 Å². The third-order valence-corrected chi connectivity index (χ3v) is 14.0. The van der Waals surface area contributed by atoms with E-state index in [-0.39, 0.29) is 37.1 Å². The molecule has 0 heterocycles. The molecular weight excluding hydrogens is 1270 g/mol. The second-order valence-electron chi connectivity index (χ2n) is 23.3. The minimum atomic E-state index is -0.0717. The summed E-state index contributed by atoms with van der Waals surface area (Å²) in [4.78, 5) is 0. The molecule has 0 aromatic heterocycles. The highest BCUT2D eigenvalue weighted by Crippen LogP contribution is 2.13. The smallest absolute Gasteiger partial charge is 0.0781 e. The van der Waals surface area contributed by atoms with Crippen LogP contribution < -0.4 is 0 Å². The summed E-state index contributed by atoms with van der Waals surface area (Å²) in [7, 11) is 0. The van der Waals surface area contributed by atoms with Crippen LogP contribution in [0, 0.1) is 0 Å². The maximum atomic E-state index is 8.62. The zero-order valence-electron chi connectivity index (χ0n) is 62.0. The fourth-order valence-electron chi connectivity index (χ4n) is 8.52. The van der Waals surface area contributed by atoms with Gasteiger partial charge in [0.2, 0.25) is 0 Å². The van der Waals surface area contributed by atoms with Gasteiger partial charge < -0.3 is 124 Å². The van der Waals surface area contributed by atoms with E-state index in [1.54, 1.807) is 0 Å². The fourth-order valence-corrected chi connectivity index (χ4v) is 8.52. The summed E-state index contributed by atoms with van der Waals surface area (Å²) < 4.78 is 140. The van der Waals surface area contributed by atoms with E-state index in [9.17, 15) is 0 Å². The van der Waals surface area contributed by atoms with Crippen molar-refractivity contribution in [3.63, 3.8) is 0 Å². The summed E-state index contributed by atoms with van der Waals surface area (Å²) in [5, 5.41) is 8.62. The van der Waals surface area contributed by atoms with Crippen molar-refractivity contribution in [2.75, 3.05) is 304 Å². The standard InChI is InChI=1S/C71H144O26/c1-7-8-9-10-11-12-13-14-15-16-17-18-19-20-22-92-62-67(2)94-64-69(4)96-66-71(6)97-65-70(5)95-63-68(3)93-61-60-91-59-58-90-57-56-89-55-54-88-53-52-87-51-50-86-49-48-85-47-46-84-45-44-83-43-42-82-41-40-81-39-38-80-37-36-79-35-34-78-33-32-77-31-30-76-29-28-75-27-26-74-25-24-73-23-21-72/h67-72H,7-66H2,1-6H3. The first-order valence-corrected chi connectivity index (χ1v) is 37.1. The number of hydrogen-bond donors (Lipinski definition) is 1. The molecule has 1 N–H and O–H groups in total. The van der Waals surface area contributed by atoms with E-state index >= 15 is 0 Å². The first-order chi connectivity index (χ1) is 47.9. The van der Waals surface area contributed by atoms with Crippen molar-refractivity contribution in [1.29, 1.82) is 0 Å². The molecule has 26 heteroatoms. The van der Waals surface area contributed by atoms with Crippen molar-refractivity contribution in [2.45, 2.75) is 162 Å². The molecule has 97 heavy (non-hydrogen) atoms. The zero-order valence-corrected chi connectivity index (χ0v) is 62.0. The van der Waals surface area contributed by atoms with Crippen LogP contribution in [-0.4, -0.2) is 340 Å². The third kappa shape index (κ3) is 85.5. The molecule has 0 aliphatic carbocycles. The van der Waals surface area contributed by atoms with Crippen molar-refractivity contribution in [2.24, 2.45) is 0 Å². The predicted octanol–water partition coefficient (Wildman–Crippen LogP) is 7.82. The van der Waals surface area contributed by atoms with E-state index in [0.717, 1.165) is 13.0 Å². The molecule has 584 valence electrons. The first kappa shape index (κ1) is 96.0. The Kier molecular flexibility index (Phi) is 84.7. The molecule has 0 radical (unpaired) electrons. The van der Waals surface area contributed by atoms with E-state index in [0.29, 0.717) is 291 Å². The van der Waals surface area contributed by atoms with Crippen molar-refractivity contribution in [1.82, 2.24) is 0 Å². The largest absolute Gasteiger partial charge is 0.394 e. The summed E-state index contributed by atoms with van der Waals surface area (Å²) >= 11 is 0. The maximum absolute atomic E-state index is 8.62. The summed E-state index contributed by atoms with van der Waals surface area (Å²) in [5.74, 6) is 0. The summed E-state index contributed by atoms with van der Waals surface area (Å²) in [6.07, 6.45) is 18.9. The van der Waals surface area contributed by atoms with Crippen molar-refractivity contribution in [3.8, 4) is 0 Å². The SMILES string of the molecule is CCCCCCCCCCCCCCCCOCC(C)OCC(C)OCC(C)OCC(C)OCC(C)OCCOCCOCCOCCOCCOCCOCCOCCOCCOCCOCCOCCOCCOCCOCCOCCOCCOCCOCCOCCO. The molecule has 5 atom stereocenters. The Bertz CT molecular complexity index is 1410. The van der Waals surface area contributed by atoms with Crippen LogP contribution in [0.15, 0.2) is 0 Å². The van der Waals surface area contributed by atoms with Gasteiger partial charge in [0.15, 0.2) is 0 Å². The van der Waals surface area contributed by atoms with Crippen molar-refractivity contribution < 1.29 is 124 Å². The average molecular weight is 1410 g/mol. The van der Waals surface area contributed by atoms with Gasteiger partial charge in [-0.25, -0.2) is 0 Å². The number of hydrogen-bond acceptors (Lipinski definition) is 26. The molecular formula is C71H144O26. The summed E-state index contributed by atoms with van der Waals surface area (Å²) in [6, 6.07) is 0.